The summed E-state index contributed by atoms with van der Waals surface area (Å²) in [4.78, 5) is 9.00. The lowest BCUT2D eigenvalue weighted by Gasteiger charge is -2.21. The van der Waals surface area contributed by atoms with Crippen molar-refractivity contribution in [1.82, 2.24) is 9.97 Å². The standard InChI is InChI=1S/C23H16N2O3/c1-2-8-16(9-3-1)10-7-15-26-19-13-6-14-20-21(19)28-23-22(27-20)24-17-11-4-5-12-18(17)25-23/h1-14H,15H2. The maximum absolute atomic E-state index is 5.98. The maximum Gasteiger partial charge on any atom is 0.284 e. The Morgan fingerprint density at radius 1 is 0.750 bits per heavy atom. The van der Waals surface area contributed by atoms with E-state index < -0.39 is 0 Å². The third-order valence-corrected chi connectivity index (χ3v) is 4.30. The fraction of sp³-hybridized carbons (Fsp3) is 0.0435. The van der Waals surface area contributed by atoms with E-state index in [2.05, 4.69) is 9.97 Å². The molecule has 3 aromatic carbocycles. The summed E-state index contributed by atoms with van der Waals surface area (Å²) in [6.45, 7) is 0.408. The SMILES string of the molecule is C(=Cc1ccccc1)COc1cccc2c1Oc1nc3ccccc3nc1O2. The Bertz CT molecular complexity index is 1170. The lowest BCUT2D eigenvalue weighted by Crippen LogP contribution is -2.05. The Labute approximate surface area is 161 Å². The van der Waals surface area contributed by atoms with E-state index in [-0.39, 0.29) is 0 Å². The molecule has 1 aliphatic heterocycles. The van der Waals surface area contributed by atoms with Gasteiger partial charge in [-0.3, -0.25) is 0 Å². The van der Waals surface area contributed by atoms with Crippen LogP contribution in [0.5, 0.6) is 29.0 Å². The van der Waals surface area contributed by atoms with Crippen molar-refractivity contribution in [3.8, 4) is 29.0 Å². The zero-order valence-electron chi connectivity index (χ0n) is 14.9. The highest BCUT2D eigenvalue weighted by atomic mass is 16.6. The number of fused-ring (bicyclic) bond motifs is 3. The van der Waals surface area contributed by atoms with Gasteiger partial charge in [0.2, 0.25) is 5.75 Å². The van der Waals surface area contributed by atoms with Crippen molar-refractivity contribution in [1.29, 1.82) is 0 Å². The molecule has 0 bridgehead atoms. The Morgan fingerprint density at radius 2 is 1.46 bits per heavy atom. The topological polar surface area (TPSA) is 53.5 Å². The van der Waals surface area contributed by atoms with E-state index in [0.717, 1.165) is 16.6 Å². The van der Waals surface area contributed by atoms with Crippen LogP contribution in [0.2, 0.25) is 0 Å². The number of aromatic nitrogens is 2. The minimum Gasteiger partial charge on any atom is -0.485 e. The van der Waals surface area contributed by atoms with Gasteiger partial charge in [-0.1, -0.05) is 54.6 Å². The molecule has 1 aliphatic rings. The van der Waals surface area contributed by atoms with E-state index in [9.17, 15) is 0 Å². The van der Waals surface area contributed by atoms with E-state index in [1.54, 1.807) is 0 Å². The highest BCUT2D eigenvalue weighted by molar-refractivity contribution is 5.76. The number of rotatable bonds is 4. The third kappa shape index (κ3) is 3.14. The zero-order valence-corrected chi connectivity index (χ0v) is 14.9. The van der Waals surface area contributed by atoms with Gasteiger partial charge >= 0.3 is 0 Å². The maximum atomic E-state index is 5.98. The minimum atomic E-state index is 0.335. The number of ether oxygens (including phenoxy) is 3. The summed E-state index contributed by atoms with van der Waals surface area (Å²) >= 11 is 0. The predicted octanol–water partition coefficient (Wildman–Crippen LogP) is 5.62. The molecule has 0 spiro atoms. The summed E-state index contributed by atoms with van der Waals surface area (Å²) in [6, 6.07) is 23.2. The Hall–Kier alpha value is -3.86. The van der Waals surface area contributed by atoms with Crippen molar-refractivity contribution in [2.75, 3.05) is 6.61 Å². The summed E-state index contributed by atoms with van der Waals surface area (Å²) in [5.74, 6) is 2.35. The fourth-order valence-corrected chi connectivity index (χ4v) is 2.98. The van der Waals surface area contributed by atoms with Crippen molar-refractivity contribution >= 4 is 17.1 Å². The second-order valence-electron chi connectivity index (χ2n) is 6.23. The van der Waals surface area contributed by atoms with Crippen LogP contribution in [-0.2, 0) is 0 Å². The van der Waals surface area contributed by atoms with Gasteiger partial charge in [0.05, 0.1) is 11.0 Å². The van der Waals surface area contributed by atoms with E-state index in [4.69, 9.17) is 14.2 Å². The molecule has 4 aromatic rings. The third-order valence-electron chi connectivity index (χ3n) is 4.30. The average Bonchev–Trinajstić information content (AvgIpc) is 2.74. The zero-order chi connectivity index (χ0) is 18.8. The van der Waals surface area contributed by atoms with E-state index >= 15 is 0 Å². The number of hydrogen-bond donors (Lipinski definition) is 0. The molecule has 0 unspecified atom stereocenters. The normalized spacial score (nSPS) is 12.1. The predicted molar refractivity (Wildman–Crippen MR) is 107 cm³/mol. The van der Waals surface area contributed by atoms with E-state index in [1.807, 2.05) is 84.9 Å². The number of para-hydroxylation sites is 3. The molecule has 0 fully saturated rings. The van der Waals surface area contributed by atoms with Crippen LogP contribution in [0.25, 0.3) is 17.1 Å². The molecular weight excluding hydrogens is 352 g/mol. The summed E-state index contributed by atoms with van der Waals surface area (Å²) in [5.41, 5.74) is 2.63. The molecular formula is C23H16N2O3. The fourth-order valence-electron chi connectivity index (χ4n) is 2.98. The molecule has 0 atom stereocenters. The highest BCUT2D eigenvalue weighted by Gasteiger charge is 2.25. The van der Waals surface area contributed by atoms with Crippen LogP contribution in [0.4, 0.5) is 0 Å². The molecule has 1 aromatic heterocycles. The molecule has 0 saturated carbocycles. The molecule has 5 heteroatoms. The van der Waals surface area contributed by atoms with Crippen LogP contribution < -0.4 is 14.2 Å². The van der Waals surface area contributed by atoms with Crippen molar-refractivity contribution in [2.45, 2.75) is 0 Å². The smallest absolute Gasteiger partial charge is 0.284 e. The van der Waals surface area contributed by atoms with Crippen molar-refractivity contribution in [2.24, 2.45) is 0 Å². The van der Waals surface area contributed by atoms with Gasteiger partial charge in [-0.2, -0.15) is 0 Å². The minimum absolute atomic E-state index is 0.335. The van der Waals surface area contributed by atoms with Crippen LogP contribution in [0.1, 0.15) is 5.56 Å². The highest BCUT2D eigenvalue weighted by Crippen LogP contribution is 2.48. The number of hydrogen-bond acceptors (Lipinski definition) is 5. The molecule has 0 radical (unpaired) electrons. The summed E-state index contributed by atoms with van der Waals surface area (Å²) in [6.07, 6.45) is 3.97. The second kappa shape index (κ2) is 7.04. The summed E-state index contributed by atoms with van der Waals surface area (Å²) in [7, 11) is 0. The molecule has 0 saturated heterocycles. The largest absolute Gasteiger partial charge is 0.485 e. The molecule has 0 aliphatic carbocycles. The van der Waals surface area contributed by atoms with Gasteiger partial charge in [-0.05, 0) is 35.9 Å². The van der Waals surface area contributed by atoms with Gasteiger partial charge in [0.1, 0.15) is 6.61 Å². The Morgan fingerprint density at radius 3 is 2.25 bits per heavy atom. The molecule has 0 amide bonds. The summed E-state index contributed by atoms with van der Waals surface area (Å²) in [5, 5.41) is 0. The van der Waals surface area contributed by atoms with Crippen molar-refractivity contribution in [3.63, 3.8) is 0 Å². The molecule has 5 rings (SSSR count). The van der Waals surface area contributed by atoms with E-state index in [1.165, 1.54) is 0 Å². The Balaban J connectivity index is 1.38. The van der Waals surface area contributed by atoms with Gasteiger partial charge in [0, 0.05) is 0 Å². The van der Waals surface area contributed by atoms with Gasteiger partial charge in [0.25, 0.3) is 11.8 Å². The van der Waals surface area contributed by atoms with Gasteiger partial charge < -0.3 is 14.2 Å². The first-order chi connectivity index (χ1) is 13.9. The van der Waals surface area contributed by atoms with Gasteiger partial charge in [-0.25, -0.2) is 9.97 Å². The van der Waals surface area contributed by atoms with Crippen LogP contribution in [0.15, 0.2) is 78.9 Å². The number of benzene rings is 3. The average molecular weight is 368 g/mol. The molecule has 0 N–H and O–H groups in total. The van der Waals surface area contributed by atoms with Crippen molar-refractivity contribution < 1.29 is 14.2 Å². The van der Waals surface area contributed by atoms with Crippen LogP contribution in [0, 0.1) is 0 Å². The first-order valence-electron chi connectivity index (χ1n) is 8.97. The van der Waals surface area contributed by atoms with Gasteiger partial charge in [-0.15, -0.1) is 0 Å². The molecule has 2 heterocycles. The lowest BCUT2D eigenvalue weighted by molar-refractivity contribution is 0.301. The molecule has 28 heavy (non-hydrogen) atoms. The second-order valence-corrected chi connectivity index (χ2v) is 6.23. The quantitative estimate of drug-likeness (QED) is 0.412. The molecule has 136 valence electrons. The first-order valence-corrected chi connectivity index (χ1v) is 8.97. The van der Waals surface area contributed by atoms with Crippen molar-refractivity contribution in [3.05, 3.63) is 84.4 Å². The first kappa shape index (κ1) is 16.3. The molecule has 5 nitrogen and oxygen atoms in total. The number of nitrogens with zero attached hydrogens (tertiary/aromatic N) is 2. The van der Waals surface area contributed by atoms with Crippen LogP contribution in [-0.4, -0.2) is 16.6 Å². The van der Waals surface area contributed by atoms with E-state index in [0.29, 0.717) is 35.6 Å². The van der Waals surface area contributed by atoms with Crippen LogP contribution in [0.3, 0.4) is 0 Å². The Kier molecular flexibility index (Phi) is 4.10. The van der Waals surface area contributed by atoms with Crippen LogP contribution >= 0.6 is 0 Å². The van der Waals surface area contributed by atoms with Gasteiger partial charge in [0.15, 0.2) is 11.5 Å². The monoisotopic (exact) mass is 368 g/mol. The summed E-state index contributed by atoms with van der Waals surface area (Å²) < 4.78 is 17.8. The lowest BCUT2D eigenvalue weighted by atomic mass is 10.2.